The highest BCUT2D eigenvalue weighted by Crippen LogP contribution is 2.12. The Morgan fingerprint density at radius 3 is 2.79 bits per heavy atom. The van der Waals surface area contributed by atoms with E-state index in [0.717, 1.165) is 16.5 Å². The number of hydrogen-bond donors (Lipinski definition) is 1. The maximum atomic E-state index is 12.2. The first-order valence-electron chi connectivity index (χ1n) is 5.90. The fraction of sp³-hybridized carbons (Fsp3) is 0.308. The normalized spacial score (nSPS) is 10.3. The molecule has 0 spiro atoms. The topological polar surface area (TPSA) is 58.1 Å². The Labute approximate surface area is 116 Å². The van der Waals surface area contributed by atoms with E-state index in [-0.39, 0.29) is 5.91 Å². The lowest BCUT2D eigenvalue weighted by Gasteiger charge is -2.15. The molecule has 19 heavy (non-hydrogen) atoms. The van der Waals surface area contributed by atoms with Crippen LogP contribution in [0.1, 0.15) is 21.1 Å². The Bertz CT molecular complexity index is 564. The molecule has 0 bridgehead atoms. The van der Waals surface area contributed by atoms with Crippen molar-refractivity contribution in [1.29, 1.82) is 0 Å². The van der Waals surface area contributed by atoms with Crippen molar-refractivity contribution in [3.8, 4) is 0 Å². The van der Waals surface area contributed by atoms with E-state index >= 15 is 0 Å². The van der Waals surface area contributed by atoms with Crippen LogP contribution in [0.5, 0.6) is 0 Å². The highest BCUT2D eigenvalue weighted by molar-refractivity contribution is 7.09. The van der Waals surface area contributed by atoms with Gasteiger partial charge < -0.3 is 10.2 Å². The fourth-order valence-electron chi connectivity index (χ4n) is 1.68. The molecule has 5 nitrogen and oxygen atoms in total. The molecule has 0 aliphatic rings. The third-order valence-electron chi connectivity index (χ3n) is 2.68. The van der Waals surface area contributed by atoms with Gasteiger partial charge in [0.25, 0.3) is 5.91 Å². The van der Waals surface area contributed by atoms with E-state index in [1.54, 1.807) is 48.7 Å². The van der Waals surface area contributed by atoms with E-state index < -0.39 is 0 Å². The minimum atomic E-state index is -0.0548. The van der Waals surface area contributed by atoms with Gasteiger partial charge in [0.15, 0.2) is 0 Å². The lowest BCUT2D eigenvalue weighted by Crippen LogP contribution is -2.26. The van der Waals surface area contributed by atoms with E-state index in [4.69, 9.17) is 0 Å². The first-order chi connectivity index (χ1) is 9.10. The van der Waals surface area contributed by atoms with Gasteiger partial charge in [-0.25, -0.2) is 9.97 Å². The summed E-state index contributed by atoms with van der Waals surface area (Å²) in [6.07, 6.45) is 1.58. The van der Waals surface area contributed by atoms with Crippen LogP contribution in [0.15, 0.2) is 23.7 Å². The Hall–Kier alpha value is -1.95. The number of amides is 1. The molecular formula is C13H16N4OS. The molecule has 0 fully saturated rings. The maximum absolute atomic E-state index is 12.2. The number of nitrogens with zero attached hydrogens (tertiary/aromatic N) is 3. The lowest BCUT2D eigenvalue weighted by molar-refractivity contribution is 0.0783. The van der Waals surface area contributed by atoms with Crippen LogP contribution in [0.4, 0.5) is 5.82 Å². The van der Waals surface area contributed by atoms with Crippen LogP contribution in [-0.2, 0) is 6.54 Å². The quantitative estimate of drug-likeness (QED) is 0.929. The molecule has 2 aromatic heterocycles. The van der Waals surface area contributed by atoms with E-state index in [2.05, 4.69) is 15.3 Å². The Morgan fingerprint density at radius 1 is 1.47 bits per heavy atom. The van der Waals surface area contributed by atoms with E-state index in [1.165, 1.54) is 0 Å². The maximum Gasteiger partial charge on any atom is 0.255 e. The largest absolute Gasteiger partial charge is 0.373 e. The number of hydrogen-bond acceptors (Lipinski definition) is 5. The molecular weight excluding hydrogens is 260 g/mol. The first-order valence-corrected chi connectivity index (χ1v) is 6.78. The highest BCUT2D eigenvalue weighted by Gasteiger charge is 2.13. The number of pyridine rings is 1. The van der Waals surface area contributed by atoms with Gasteiger partial charge >= 0.3 is 0 Å². The van der Waals surface area contributed by atoms with Crippen LogP contribution in [0.25, 0.3) is 0 Å². The van der Waals surface area contributed by atoms with E-state index in [9.17, 15) is 4.79 Å². The summed E-state index contributed by atoms with van der Waals surface area (Å²) in [7, 11) is 3.56. The van der Waals surface area contributed by atoms with Gasteiger partial charge in [0, 0.05) is 25.7 Å². The van der Waals surface area contributed by atoms with Gasteiger partial charge in [-0.3, -0.25) is 4.79 Å². The van der Waals surface area contributed by atoms with Crippen molar-refractivity contribution < 1.29 is 4.79 Å². The number of anilines is 1. The van der Waals surface area contributed by atoms with Crippen LogP contribution in [0.2, 0.25) is 0 Å². The molecule has 2 aromatic rings. The van der Waals surface area contributed by atoms with E-state index in [0.29, 0.717) is 12.1 Å². The van der Waals surface area contributed by atoms with Crippen molar-refractivity contribution in [2.75, 3.05) is 19.4 Å². The Morgan fingerprint density at radius 2 is 2.26 bits per heavy atom. The van der Waals surface area contributed by atoms with Crippen molar-refractivity contribution in [3.63, 3.8) is 0 Å². The third-order valence-corrected chi connectivity index (χ3v) is 3.50. The molecule has 1 N–H and O–H groups in total. The van der Waals surface area contributed by atoms with Gasteiger partial charge in [-0.2, -0.15) is 0 Å². The molecule has 0 aliphatic heterocycles. The molecule has 0 saturated heterocycles. The zero-order chi connectivity index (χ0) is 13.8. The second-order valence-electron chi connectivity index (χ2n) is 4.20. The van der Waals surface area contributed by atoms with Crippen LogP contribution in [0, 0.1) is 6.92 Å². The number of carbonyl (C=O) groups is 1. The molecule has 100 valence electrons. The Balaban J connectivity index is 2.05. The zero-order valence-corrected chi connectivity index (χ0v) is 12.0. The molecule has 0 aliphatic carbocycles. The van der Waals surface area contributed by atoms with Crippen LogP contribution < -0.4 is 5.32 Å². The summed E-state index contributed by atoms with van der Waals surface area (Å²) in [5, 5.41) is 5.90. The second-order valence-corrected chi connectivity index (χ2v) is 5.26. The first kappa shape index (κ1) is 13.5. The molecule has 2 heterocycles. The predicted molar refractivity (Wildman–Crippen MR) is 76.4 cm³/mol. The van der Waals surface area contributed by atoms with Gasteiger partial charge in [-0.15, -0.1) is 11.3 Å². The molecule has 0 atom stereocenters. The fourth-order valence-corrected chi connectivity index (χ4v) is 2.29. The van der Waals surface area contributed by atoms with Crippen molar-refractivity contribution in [2.45, 2.75) is 13.5 Å². The van der Waals surface area contributed by atoms with Gasteiger partial charge in [-0.05, 0) is 19.1 Å². The predicted octanol–water partition coefficient (Wildman–Crippen LogP) is 2.16. The SMILES string of the molecule is CNc1ccc(C(=O)N(C)Cc2csc(C)n2)cn1. The standard InChI is InChI=1S/C13H16N4OS/c1-9-16-11(8-19-9)7-17(3)13(18)10-4-5-12(14-2)15-6-10/h4-6,8H,7H2,1-3H3,(H,14,15). The number of carbonyl (C=O) groups excluding carboxylic acids is 1. The van der Waals surface area contributed by atoms with Crippen molar-refractivity contribution in [3.05, 3.63) is 40.0 Å². The summed E-state index contributed by atoms with van der Waals surface area (Å²) in [6.45, 7) is 2.47. The summed E-state index contributed by atoms with van der Waals surface area (Å²) < 4.78 is 0. The minimum absolute atomic E-state index is 0.0548. The smallest absolute Gasteiger partial charge is 0.255 e. The number of nitrogens with one attached hydrogen (secondary N) is 1. The molecule has 0 saturated carbocycles. The van der Waals surface area contributed by atoms with Gasteiger partial charge in [-0.1, -0.05) is 0 Å². The van der Waals surface area contributed by atoms with Crippen LogP contribution in [0.3, 0.4) is 0 Å². The van der Waals surface area contributed by atoms with Gasteiger partial charge in [0.1, 0.15) is 5.82 Å². The summed E-state index contributed by atoms with van der Waals surface area (Å²) in [6, 6.07) is 3.55. The monoisotopic (exact) mass is 276 g/mol. The van der Waals surface area contributed by atoms with Crippen molar-refractivity contribution >= 4 is 23.1 Å². The summed E-state index contributed by atoms with van der Waals surface area (Å²) in [5.41, 5.74) is 1.49. The zero-order valence-electron chi connectivity index (χ0n) is 11.2. The van der Waals surface area contributed by atoms with Crippen LogP contribution >= 0.6 is 11.3 Å². The average molecular weight is 276 g/mol. The average Bonchev–Trinajstić information content (AvgIpc) is 2.83. The Kier molecular flexibility index (Phi) is 4.11. The molecule has 0 unspecified atom stereocenters. The minimum Gasteiger partial charge on any atom is -0.373 e. The van der Waals surface area contributed by atoms with Crippen molar-refractivity contribution in [2.24, 2.45) is 0 Å². The van der Waals surface area contributed by atoms with Gasteiger partial charge in [0.05, 0.1) is 22.8 Å². The highest BCUT2D eigenvalue weighted by atomic mass is 32.1. The molecule has 0 radical (unpaired) electrons. The summed E-state index contributed by atoms with van der Waals surface area (Å²) in [4.78, 5) is 22.3. The lowest BCUT2D eigenvalue weighted by atomic mass is 10.2. The second kappa shape index (κ2) is 5.79. The third kappa shape index (κ3) is 3.29. The molecule has 0 aromatic carbocycles. The molecule has 2 rings (SSSR count). The summed E-state index contributed by atoms with van der Waals surface area (Å²) in [5.74, 6) is 0.690. The molecule has 6 heteroatoms. The number of aromatic nitrogens is 2. The number of rotatable bonds is 4. The van der Waals surface area contributed by atoms with Crippen molar-refractivity contribution in [1.82, 2.24) is 14.9 Å². The van der Waals surface area contributed by atoms with E-state index in [1.807, 2.05) is 12.3 Å². The molecule has 1 amide bonds. The number of aryl methyl sites for hydroxylation is 1. The number of thiazole rings is 1. The van der Waals surface area contributed by atoms with Gasteiger partial charge in [0.2, 0.25) is 0 Å². The van der Waals surface area contributed by atoms with Crippen LogP contribution in [-0.4, -0.2) is 34.9 Å². The summed E-state index contributed by atoms with van der Waals surface area (Å²) >= 11 is 1.59.